The van der Waals surface area contributed by atoms with Crippen molar-refractivity contribution in [2.45, 2.75) is 33.1 Å². The van der Waals surface area contributed by atoms with E-state index >= 15 is 0 Å². The maximum atomic E-state index is 13.1. The number of amides is 2. The van der Waals surface area contributed by atoms with Gasteiger partial charge in [-0.05, 0) is 42.5 Å². The number of hydrogen-bond acceptors (Lipinski definition) is 4. The molecule has 1 aromatic heterocycles. The molecule has 1 saturated heterocycles. The van der Waals surface area contributed by atoms with Crippen molar-refractivity contribution in [2.24, 2.45) is 11.8 Å². The Morgan fingerprint density at radius 2 is 1.82 bits per heavy atom. The Hall–Kier alpha value is -3.48. The third-order valence-corrected chi connectivity index (χ3v) is 6.16. The maximum Gasteiger partial charge on any atom is 0.272 e. The first-order chi connectivity index (χ1) is 15.9. The Morgan fingerprint density at radius 3 is 2.55 bits per heavy atom. The first-order valence-electron chi connectivity index (χ1n) is 11.5. The molecule has 0 atom stereocenters. The first-order valence-corrected chi connectivity index (χ1v) is 11.5. The molecule has 4 rings (SSSR count). The molecule has 33 heavy (non-hydrogen) atoms. The van der Waals surface area contributed by atoms with Crippen molar-refractivity contribution in [1.82, 2.24) is 20.4 Å². The summed E-state index contributed by atoms with van der Waals surface area (Å²) in [6.07, 6.45) is 1.88. The van der Waals surface area contributed by atoms with Crippen LogP contribution in [0.1, 0.15) is 48.3 Å². The van der Waals surface area contributed by atoms with Crippen LogP contribution in [0.4, 0.5) is 0 Å². The van der Waals surface area contributed by atoms with E-state index in [4.69, 9.17) is 0 Å². The van der Waals surface area contributed by atoms with Gasteiger partial charge in [-0.1, -0.05) is 44.2 Å². The molecule has 1 aliphatic rings. The lowest BCUT2D eigenvalue weighted by Crippen LogP contribution is -2.43. The summed E-state index contributed by atoms with van der Waals surface area (Å²) < 4.78 is 0. The SMILES string of the molecule is CC(C)CNC(=O)C1CCN(C(=O)c2cccc(Cc3n[nH]c(=O)c4ccccc34)c2)CC1. The van der Waals surface area contributed by atoms with Gasteiger partial charge in [0.15, 0.2) is 0 Å². The number of carbonyl (C=O) groups excluding carboxylic acids is 2. The lowest BCUT2D eigenvalue weighted by atomic mass is 9.95. The molecule has 1 fully saturated rings. The number of H-pyrrole nitrogens is 1. The summed E-state index contributed by atoms with van der Waals surface area (Å²) in [6, 6.07) is 15.0. The summed E-state index contributed by atoms with van der Waals surface area (Å²) in [4.78, 5) is 39.3. The lowest BCUT2D eigenvalue weighted by Gasteiger charge is -2.31. The molecule has 0 unspecified atom stereocenters. The summed E-state index contributed by atoms with van der Waals surface area (Å²) >= 11 is 0. The van der Waals surface area contributed by atoms with E-state index in [1.54, 1.807) is 6.07 Å². The standard InChI is InChI=1S/C26H30N4O3/c1-17(2)16-27-24(31)19-10-12-30(13-11-19)26(33)20-7-5-6-18(14-20)15-23-21-8-3-4-9-22(21)25(32)29-28-23/h3-9,14,17,19H,10-13,15-16H2,1-2H3,(H,27,31)(H,29,32). The van der Waals surface area contributed by atoms with Crippen LogP contribution in [0, 0.1) is 11.8 Å². The number of piperidine rings is 1. The van der Waals surface area contributed by atoms with E-state index in [1.807, 2.05) is 47.4 Å². The van der Waals surface area contributed by atoms with Gasteiger partial charge in [0, 0.05) is 42.9 Å². The molecule has 7 heteroatoms. The Bertz CT molecular complexity index is 1210. The Morgan fingerprint density at radius 1 is 1.09 bits per heavy atom. The molecular formula is C26H30N4O3. The van der Waals surface area contributed by atoms with Crippen LogP contribution in [-0.4, -0.2) is 46.5 Å². The van der Waals surface area contributed by atoms with E-state index in [9.17, 15) is 14.4 Å². The van der Waals surface area contributed by atoms with Crippen LogP contribution < -0.4 is 10.9 Å². The second kappa shape index (κ2) is 9.98. The van der Waals surface area contributed by atoms with Gasteiger partial charge in [0.05, 0.1) is 11.1 Å². The number of likely N-dealkylation sites (tertiary alicyclic amines) is 1. The molecule has 3 aromatic rings. The van der Waals surface area contributed by atoms with Crippen molar-refractivity contribution >= 4 is 22.6 Å². The maximum absolute atomic E-state index is 13.1. The summed E-state index contributed by atoms with van der Waals surface area (Å²) in [5.41, 5.74) is 2.14. The minimum Gasteiger partial charge on any atom is -0.356 e. The fraction of sp³-hybridized carbons (Fsp3) is 0.385. The topological polar surface area (TPSA) is 95.2 Å². The van der Waals surface area contributed by atoms with Crippen LogP contribution in [-0.2, 0) is 11.2 Å². The zero-order valence-corrected chi connectivity index (χ0v) is 19.1. The van der Waals surface area contributed by atoms with Crippen LogP contribution in [0.2, 0.25) is 0 Å². The number of nitrogens with zero attached hydrogens (tertiary/aromatic N) is 2. The molecule has 7 nitrogen and oxygen atoms in total. The highest BCUT2D eigenvalue weighted by molar-refractivity contribution is 5.94. The van der Waals surface area contributed by atoms with Crippen molar-refractivity contribution in [3.05, 3.63) is 75.7 Å². The van der Waals surface area contributed by atoms with Crippen molar-refractivity contribution < 1.29 is 9.59 Å². The number of hydrogen-bond donors (Lipinski definition) is 2. The van der Waals surface area contributed by atoms with Crippen LogP contribution in [0.5, 0.6) is 0 Å². The van der Waals surface area contributed by atoms with E-state index < -0.39 is 0 Å². The van der Waals surface area contributed by atoms with Gasteiger partial charge >= 0.3 is 0 Å². The molecule has 0 radical (unpaired) electrons. The second-order valence-electron chi connectivity index (χ2n) is 9.13. The van der Waals surface area contributed by atoms with Gasteiger partial charge < -0.3 is 10.2 Å². The molecule has 0 saturated carbocycles. The summed E-state index contributed by atoms with van der Waals surface area (Å²) in [7, 11) is 0. The number of benzene rings is 2. The van der Waals surface area contributed by atoms with Gasteiger partial charge in [0.25, 0.3) is 11.5 Å². The summed E-state index contributed by atoms with van der Waals surface area (Å²) in [6.45, 7) is 5.99. The minimum atomic E-state index is -0.209. The van der Waals surface area contributed by atoms with Gasteiger partial charge in [-0.3, -0.25) is 14.4 Å². The Balaban J connectivity index is 1.43. The molecule has 2 N–H and O–H groups in total. The number of carbonyl (C=O) groups is 2. The lowest BCUT2D eigenvalue weighted by molar-refractivity contribution is -0.126. The average Bonchev–Trinajstić information content (AvgIpc) is 2.84. The van der Waals surface area contributed by atoms with Crippen molar-refractivity contribution in [3.63, 3.8) is 0 Å². The smallest absolute Gasteiger partial charge is 0.272 e. The van der Waals surface area contributed by atoms with E-state index in [2.05, 4.69) is 29.4 Å². The van der Waals surface area contributed by atoms with Crippen LogP contribution in [0.3, 0.4) is 0 Å². The molecule has 0 spiro atoms. The van der Waals surface area contributed by atoms with Crippen molar-refractivity contribution in [1.29, 1.82) is 0 Å². The average molecular weight is 447 g/mol. The highest BCUT2D eigenvalue weighted by Crippen LogP contribution is 2.21. The predicted molar refractivity (Wildman–Crippen MR) is 128 cm³/mol. The van der Waals surface area contributed by atoms with Crippen LogP contribution in [0.25, 0.3) is 10.8 Å². The van der Waals surface area contributed by atoms with Crippen molar-refractivity contribution in [3.8, 4) is 0 Å². The highest BCUT2D eigenvalue weighted by Gasteiger charge is 2.27. The van der Waals surface area contributed by atoms with Crippen molar-refractivity contribution in [2.75, 3.05) is 19.6 Å². The number of rotatable bonds is 6. The fourth-order valence-electron chi connectivity index (χ4n) is 4.29. The van der Waals surface area contributed by atoms with Gasteiger partial charge in [-0.2, -0.15) is 5.10 Å². The molecule has 2 heterocycles. The molecule has 0 bridgehead atoms. The van der Waals surface area contributed by atoms with E-state index in [0.717, 1.165) is 16.6 Å². The summed E-state index contributed by atoms with van der Waals surface area (Å²) in [5.74, 6) is 0.474. The van der Waals surface area contributed by atoms with Gasteiger partial charge in [-0.15, -0.1) is 0 Å². The quantitative estimate of drug-likeness (QED) is 0.608. The van der Waals surface area contributed by atoms with E-state index in [0.29, 0.717) is 55.8 Å². The number of nitrogens with one attached hydrogen (secondary N) is 2. The summed E-state index contributed by atoms with van der Waals surface area (Å²) in [5, 5.41) is 11.2. The normalized spacial score (nSPS) is 14.6. The highest BCUT2D eigenvalue weighted by atomic mass is 16.2. The molecule has 0 aliphatic carbocycles. The second-order valence-corrected chi connectivity index (χ2v) is 9.13. The minimum absolute atomic E-state index is 0.0165. The zero-order valence-electron chi connectivity index (χ0n) is 19.1. The van der Waals surface area contributed by atoms with Gasteiger partial charge in [0.1, 0.15) is 0 Å². The fourth-order valence-corrected chi connectivity index (χ4v) is 4.29. The Kier molecular flexibility index (Phi) is 6.87. The molecular weight excluding hydrogens is 416 g/mol. The number of aromatic amines is 1. The van der Waals surface area contributed by atoms with E-state index in [1.165, 1.54) is 0 Å². The zero-order chi connectivity index (χ0) is 23.4. The first kappa shape index (κ1) is 22.7. The molecule has 2 amide bonds. The van der Waals surface area contributed by atoms with Gasteiger partial charge in [-0.25, -0.2) is 5.10 Å². The third kappa shape index (κ3) is 5.30. The molecule has 1 aliphatic heterocycles. The Labute approximate surface area is 193 Å². The van der Waals surface area contributed by atoms with Gasteiger partial charge in [0.2, 0.25) is 5.91 Å². The van der Waals surface area contributed by atoms with Crippen LogP contribution >= 0.6 is 0 Å². The number of fused-ring (bicyclic) bond motifs is 1. The van der Waals surface area contributed by atoms with Crippen LogP contribution in [0.15, 0.2) is 53.3 Å². The predicted octanol–water partition coefficient (Wildman–Crippen LogP) is 3.14. The van der Waals surface area contributed by atoms with E-state index in [-0.39, 0.29) is 23.3 Å². The molecule has 172 valence electrons. The third-order valence-electron chi connectivity index (χ3n) is 6.16. The largest absolute Gasteiger partial charge is 0.356 e. The monoisotopic (exact) mass is 446 g/mol. The molecule has 2 aromatic carbocycles. The number of aromatic nitrogens is 2.